The number of H-pyrrole nitrogens is 1. The molecule has 0 fully saturated rings. The van der Waals surface area contributed by atoms with E-state index in [0.717, 1.165) is 38.9 Å². The van der Waals surface area contributed by atoms with Gasteiger partial charge in [0.2, 0.25) is 0 Å². The third-order valence-corrected chi connectivity index (χ3v) is 4.13. The van der Waals surface area contributed by atoms with Gasteiger partial charge in [0.15, 0.2) is 0 Å². The van der Waals surface area contributed by atoms with Gasteiger partial charge in [0.1, 0.15) is 22.7 Å². The van der Waals surface area contributed by atoms with Crippen molar-refractivity contribution in [3.63, 3.8) is 0 Å². The zero-order chi connectivity index (χ0) is 17.2. The molecule has 3 N–H and O–H groups in total. The van der Waals surface area contributed by atoms with Crippen LogP contribution >= 0.6 is 0 Å². The van der Waals surface area contributed by atoms with Crippen LogP contribution in [-0.4, -0.2) is 40.3 Å². The summed E-state index contributed by atoms with van der Waals surface area (Å²) in [4.78, 5) is 12.5. The molecule has 6 heteroatoms. The number of hydrogen-bond donors (Lipinski definition) is 3. The number of aliphatic hydroxyl groups excluding tert-OH is 1. The van der Waals surface area contributed by atoms with Crippen LogP contribution in [0.5, 0.6) is 5.75 Å². The summed E-state index contributed by atoms with van der Waals surface area (Å²) in [6, 6.07) is 13.9. The van der Waals surface area contributed by atoms with Crippen LogP contribution in [0.1, 0.15) is 0 Å². The Morgan fingerprint density at radius 3 is 2.92 bits per heavy atom. The van der Waals surface area contributed by atoms with Crippen LogP contribution in [0.4, 0.5) is 5.82 Å². The van der Waals surface area contributed by atoms with Crippen molar-refractivity contribution < 1.29 is 9.84 Å². The van der Waals surface area contributed by atoms with Gasteiger partial charge in [-0.05, 0) is 24.3 Å². The largest absolute Gasteiger partial charge is 0.494 e. The summed E-state index contributed by atoms with van der Waals surface area (Å²) in [5.74, 6) is 1.44. The lowest BCUT2D eigenvalue weighted by atomic mass is 10.1. The molecule has 0 bridgehead atoms. The van der Waals surface area contributed by atoms with Gasteiger partial charge in [-0.25, -0.2) is 9.97 Å². The maximum Gasteiger partial charge on any atom is 0.145 e. The maximum atomic E-state index is 9.04. The molecule has 0 amide bonds. The van der Waals surface area contributed by atoms with Gasteiger partial charge in [0.25, 0.3) is 0 Å². The Bertz CT molecular complexity index is 1040. The highest BCUT2D eigenvalue weighted by molar-refractivity contribution is 5.96. The van der Waals surface area contributed by atoms with Crippen LogP contribution in [0, 0.1) is 0 Å². The summed E-state index contributed by atoms with van der Waals surface area (Å²) in [5.41, 5.74) is 3.42. The van der Waals surface area contributed by atoms with E-state index in [2.05, 4.69) is 15.3 Å². The van der Waals surface area contributed by atoms with Gasteiger partial charge in [-0.2, -0.15) is 0 Å². The second-order valence-corrected chi connectivity index (χ2v) is 5.67. The summed E-state index contributed by atoms with van der Waals surface area (Å²) in [5, 5.41) is 14.2. The number of ether oxygens (including phenoxy) is 1. The maximum absolute atomic E-state index is 9.04. The first kappa shape index (κ1) is 15.4. The van der Waals surface area contributed by atoms with Crippen LogP contribution < -0.4 is 10.1 Å². The van der Waals surface area contributed by atoms with E-state index in [4.69, 9.17) is 14.8 Å². The first-order valence-electron chi connectivity index (χ1n) is 8.07. The average molecular weight is 334 g/mol. The quantitative estimate of drug-likeness (QED) is 0.522. The molecule has 4 rings (SSSR count). The van der Waals surface area contributed by atoms with E-state index in [1.54, 1.807) is 7.11 Å². The lowest BCUT2D eigenvalue weighted by Gasteiger charge is -2.10. The van der Waals surface area contributed by atoms with Crippen LogP contribution in [0.3, 0.4) is 0 Å². The van der Waals surface area contributed by atoms with Crippen LogP contribution in [0.15, 0.2) is 48.7 Å². The molecule has 6 nitrogen and oxygen atoms in total. The molecule has 0 radical (unpaired) electrons. The molecule has 126 valence electrons. The number of aromatic amines is 1. The first-order chi connectivity index (χ1) is 12.3. The number of methoxy groups -OCH3 is 1. The van der Waals surface area contributed by atoms with Gasteiger partial charge in [0.05, 0.1) is 19.4 Å². The molecular weight excluding hydrogens is 316 g/mol. The van der Waals surface area contributed by atoms with Crippen molar-refractivity contribution in [2.24, 2.45) is 0 Å². The minimum Gasteiger partial charge on any atom is -0.494 e. The van der Waals surface area contributed by atoms with E-state index in [0.29, 0.717) is 12.4 Å². The molecule has 0 spiro atoms. The highest BCUT2D eigenvalue weighted by Gasteiger charge is 2.12. The zero-order valence-corrected chi connectivity index (χ0v) is 13.8. The fourth-order valence-electron chi connectivity index (χ4n) is 2.96. The second kappa shape index (κ2) is 6.41. The van der Waals surface area contributed by atoms with Gasteiger partial charge in [-0.3, -0.25) is 0 Å². The fraction of sp³-hybridized carbons (Fsp3) is 0.158. The predicted octanol–water partition coefficient (Wildman–Crippen LogP) is 3.19. The van der Waals surface area contributed by atoms with Gasteiger partial charge < -0.3 is 20.1 Å². The normalized spacial score (nSPS) is 11.1. The number of para-hydroxylation sites is 1. The van der Waals surface area contributed by atoms with Crippen molar-refractivity contribution in [1.82, 2.24) is 15.0 Å². The number of rotatable bonds is 5. The molecular formula is C19H18N4O2. The monoisotopic (exact) mass is 334 g/mol. The zero-order valence-electron chi connectivity index (χ0n) is 13.8. The minimum atomic E-state index is 0.0468. The molecule has 0 saturated carbocycles. The Kier molecular flexibility index (Phi) is 3.95. The SMILES string of the molecule is COc1cccc2ccc(-c3cc(NCCO)nc4[nH]ccc34)nc12. The number of aromatic nitrogens is 3. The van der Waals surface area contributed by atoms with Gasteiger partial charge in [0, 0.05) is 29.1 Å². The topological polar surface area (TPSA) is 83.1 Å². The highest BCUT2D eigenvalue weighted by Crippen LogP contribution is 2.32. The van der Waals surface area contributed by atoms with Crippen molar-refractivity contribution in [3.8, 4) is 17.0 Å². The predicted molar refractivity (Wildman–Crippen MR) is 99.0 cm³/mol. The molecule has 0 aliphatic rings. The Balaban J connectivity index is 1.91. The third-order valence-electron chi connectivity index (χ3n) is 4.13. The second-order valence-electron chi connectivity index (χ2n) is 5.67. The fourth-order valence-corrected chi connectivity index (χ4v) is 2.96. The lowest BCUT2D eigenvalue weighted by molar-refractivity contribution is 0.311. The molecule has 1 aromatic carbocycles. The van der Waals surface area contributed by atoms with Crippen LogP contribution in [-0.2, 0) is 0 Å². The van der Waals surface area contributed by atoms with Crippen molar-refractivity contribution in [2.75, 3.05) is 25.6 Å². The number of nitrogens with zero attached hydrogens (tertiary/aromatic N) is 2. The molecule has 25 heavy (non-hydrogen) atoms. The molecule has 0 aliphatic heterocycles. The first-order valence-corrected chi connectivity index (χ1v) is 8.07. The number of hydrogen-bond acceptors (Lipinski definition) is 5. The van der Waals surface area contributed by atoms with E-state index in [9.17, 15) is 0 Å². The molecule has 0 unspecified atom stereocenters. The van der Waals surface area contributed by atoms with E-state index in [1.165, 1.54) is 0 Å². The van der Waals surface area contributed by atoms with Gasteiger partial charge in [-0.1, -0.05) is 18.2 Å². The summed E-state index contributed by atoms with van der Waals surface area (Å²) in [7, 11) is 1.65. The summed E-state index contributed by atoms with van der Waals surface area (Å²) in [6.45, 7) is 0.489. The molecule has 4 aromatic rings. The van der Waals surface area contributed by atoms with E-state index >= 15 is 0 Å². The van der Waals surface area contributed by atoms with Gasteiger partial charge in [-0.15, -0.1) is 0 Å². The molecule has 3 heterocycles. The number of fused-ring (bicyclic) bond motifs is 2. The molecule has 0 saturated heterocycles. The van der Waals surface area contributed by atoms with Gasteiger partial charge >= 0.3 is 0 Å². The number of aliphatic hydroxyl groups is 1. The summed E-state index contributed by atoms with van der Waals surface area (Å²) < 4.78 is 5.45. The van der Waals surface area contributed by atoms with Crippen molar-refractivity contribution in [3.05, 3.63) is 48.7 Å². The highest BCUT2D eigenvalue weighted by atomic mass is 16.5. The van der Waals surface area contributed by atoms with E-state index < -0.39 is 0 Å². The summed E-state index contributed by atoms with van der Waals surface area (Å²) >= 11 is 0. The smallest absolute Gasteiger partial charge is 0.145 e. The van der Waals surface area contributed by atoms with Crippen molar-refractivity contribution in [1.29, 1.82) is 0 Å². The molecule has 0 aliphatic carbocycles. The Morgan fingerprint density at radius 1 is 1.16 bits per heavy atom. The standard InChI is InChI=1S/C19H18N4O2/c1-25-16-4-2-3-12-5-6-15(22-18(12)16)14-11-17(20-9-10-24)23-19-13(14)7-8-21-19/h2-8,11,24H,9-10H2,1H3,(H2,20,21,23). The minimum absolute atomic E-state index is 0.0468. The number of pyridine rings is 2. The number of anilines is 1. The van der Waals surface area contributed by atoms with Crippen molar-refractivity contribution >= 4 is 27.8 Å². The van der Waals surface area contributed by atoms with Crippen LogP contribution in [0.2, 0.25) is 0 Å². The van der Waals surface area contributed by atoms with Crippen LogP contribution in [0.25, 0.3) is 33.2 Å². The van der Waals surface area contributed by atoms with E-state index in [1.807, 2.05) is 48.7 Å². The average Bonchev–Trinajstić information content (AvgIpc) is 3.13. The molecule has 0 atom stereocenters. The summed E-state index contributed by atoms with van der Waals surface area (Å²) in [6.07, 6.45) is 1.86. The molecule has 3 aromatic heterocycles. The van der Waals surface area contributed by atoms with Crippen molar-refractivity contribution in [2.45, 2.75) is 0 Å². The number of nitrogens with one attached hydrogen (secondary N) is 2. The Labute approximate surface area is 144 Å². The Hall–Kier alpha value is -3.12. The Morgan fingerprint density at radius 2 is 2.08 bits per heavy atom. The lowest BCUT2D eigenvalue weighted by Crippen LogP contribution is -2.07. The number of benzene rings is 1. The third kappa shape index (κ3) is 2.77. The van der Waals surface area contributed by atoms with E-state index in [-0.39, 0.29) is 6.61 Å².